The van der Waals surface area contributed by atoms with Crippen LogP contribution in [0.3, 0.4) is 0 Å². The average molecular weight is 709 g/mol. The van der Waals surface area contributed by atoms with Crippen molar-refractivity contribution in [1.29, 1.82) is 10.5 Å². The van der Waals surface area contributed by atoms with E-state index >= 15 is 0 Å². The maximum absolute atomic E-state index is 11.7. The van der Waals surface area contributed by atoms with Crippen LogP contribution in [0.2, 0.25) is 5.02 Å². The zero-order chi connectivity index (χ0) is 34.9. The Bertz CT molecular complexity index is 2020. The summed E-state index contributed by atoms with van der Waals surface area (Å²) in [6, 6.07) is 14.1. The number of carbonyl (C=O) groups is 1. The molecule has 49 heavy (non-hydrogen) atoms. The lowest BCUT2D eigenvalue weighted by Crippen LogP contribution is -2.54. The Morgan fingerprint density at radius 3 is 2.57 bits per heavy atom. The third-order valence-electron chi connectivity index (χ3n) is 8.14. The molecule has 5 N–H and O–H groups in total. The Morgan fingerprint density at radius 2 is 1.94 bits per heavy atom. The van der Waals surface area contributed by atoms with Crippen LogP contribution in [-0.4, -0.2) is 79.0 Å². The SMILES string of the molecule is COc1ccc(CN(c2nc(Nc3cc(C#N)cc(N4CC[C@@H](NC(=O)O)[C@@H](OP(=O)(O)O)C4)c3Cl)nn3c(C#N)cnc23)C2CC2)cc1. The van der Waals surface area contributed by atoms with Gasteiger partial charge in [0.05, 0.1) is 47.4 Å². The van der Waals surface area contributed by atoms with E-state index in [0.717, 1.165) is 24.2 Å². The number of aromatic nitrogens is 4. The van der Waals surface area contributed by atoms with Crippen molar-refractivity contribution in [3.8, 4) is 17.9 Å². The summed E-state index contributed by atoms with van der Waals surface area (Å²) in [6.45, 7) is 0.558. The number of benzene rings is 2. The number of nitrogens with zero attached hydrogens (tertiary/aromatic N) is 8. The second kappa shape index (κ2) is 13.8. The standard InChI is InChI=1S/C30H30ClN10O7P/c1-47-21-6-2-17(3-7-21)15-40(19-4-5-19)28-27-34-14-20(13-33)41(27)38-29(37-28)35-23-10-18(12-32)11-24(26(23)31)39-9-8-22(36-30(42)43)25(16-39)48-49(44,45)46/h2-3,6-7,10-11,14,19,22,25,36H,4-5,8-9,15-16H2,1H3,(H,35,38)(H,42,43)(H2,44,45,46)/t22-,25+/m1/s1. The molecular weight excluding hydrogens is 679 g/mol. The van der Waals surface area contributed by atoms with Gasteiger partial charge >= 0.3 is 13.9 Å². The minimum Gasteiger partial charge on any atom is -0.497 e. The highest BCUT2D eigenvalue weighted by molar-refractivity contribution is 7.46. The van der Waals surface area contributed by atoms with Crippen molar-refractivity contribution in [1.82, 2.24) is 24.9 Å². The molecule has 3 heterocycles. The number of amides is 1. The van der Waals surface area contributed by atoms with Crippen LogP contribution in [0, 0.1) is 22.7 Å². The van der Waals surface area contributed by atoms with E-state index in [1.807, 2.05) is 24.3 Å². The lowest BCUT2D eigenvalue weighted by molar-refractivity contribution is 0.0903. The summed E-state index contributed by atoms with van der Waals surface area (Å²) in [5.41, 5.74) is 2.33. The lowest BCUT2D eigenvalue weighted by atomic mass is 10.0. The van der Waals surface area contributed by atoms with Crippen LogP contribution in [0.15, 0.2) is 42.6 Å². The molecule has 1 aliphatic heterocycles. The van der Waals surface area contributed by atoms with Crippen molar-refractivity contribution in [2.75, 3.05) is 35.3 Å². The number of hydrogen-bond donors (Lipinski definition) is 5. The summed E-state index contributed by atoms with van der Waals surface area (Å²) in [5, 5.41) is 38.9. The van der Waals surface area contributed by atoms with Crippen LogP contribution in [0.25, 0.3) is 5.65 Å². The summed E-state index contributed by atoms with van der Waals surface area (Å²) in [4.78, 5) is 43.3. The largest absolute Gasteiger partial charge is 0.497 e. The number of fused-ring (bicyclic) bond motifs is 1. The molecule has 17 nitrogen and oxygen atoms in total. The second-order valence-corrected chi connectivity index (χ2v) is 13.0. The molecule has 4 aromatic rings. The van der Waals surface area contributed by atoms with Gasteiger partial charge in [0.2, 0.25) is 5.95 Å². The number of hydrogen-bond acceptors (Lipinski definition) is 12. The summed E-state index contributed by atoms with van der Waals surface area (Å²) in [5.74, 6) is 1.27. The van der Waals surface area contributed by atoms with Gasteiger partial charge in [-0.25, -0.2) is 14.3 Å². The highest BCUT2D eigenvalue weighted by Gasteiger charge is 2.37. The van der Waals surface area contributed by atoms with Crippen molar-refractivity contribution in [2.45, 2.75) is 44.0 Å². The fourth-order valence-electron chi connectivity index (χ4n) is 5.74. The van der Waals surface area contributed by atoms with Crippen molar-refractivity contribution >= 4 is 54.3 Å². The first-order valence-electron chi connectivity index (χ1n) is 15.0. The van der Waals surface area contributed by atoms with Gasteiger partial charge in [-0.05, 0) is 49.1 Å². The molecule has 0 unspecified atom stereocenters. The van der Waals surface area contributed by atoms with Crippen LogP contribution in [0.4, 0.5) is 27.9 Å². The Morgan fingerprint density at radius 1 is 1.18 bits per heavy atom. The zero-order valence-electron chi connectivity index (χ0n) is 25.9. The van der Waals surface area contributed by atoms with E-state index in [2.05, 4.69) is 37.8 Å². The average Bonchev–Trinajstić information content (AvgIpc) is 3.83. The molecular formula is C30H30ClN10O7P. The molecule has 1 amide bonds. The fraction of sp³-hybridized carbons (Fsp3) is 0.333. The number of nitriles is 2. The van der Waals surface area contributed by atoms with Gasteiger partial charge < -0.3 is 40.1 Å². The molecule has 2 aromatic heterocycles. The summed E-state index contributed by atoms with van der Waals surface area (Å²) < 4.78 is 23.4. The Hall–Kier alpha value is -5.16. The number of ether oxygens (including phenoxy) is 1. The first-order valence-corrected chi connectivity index (χ1v) is 16.9. The van der Waals surface area contributed by atoms with Gasteiger partial charge in [-0.1, -0.05) is 23.7 Å². The maximum Gasteiger partial charge on any atom is 0.469 e. The number of piperidine rings is 1. The topological polar surface area (TPSA) is 234 Å². The van der Waals surface area contributed by atoms with Gasteiger partial charge in [0.1, 0.15) is 17.9 Å². The number of anilines is 4. The number of carboxylic acid groups (broad SMARTS) is 1. The molecule has 0 radical (unpaired) electrons. The molecule has 2 atom stereocenters. The number of methoxy groups -OCH3 is 1. The van der Waals surface area contributed by atoms with Crippen LogP contribution >= 0.6 is 19.4 Å². The quantitative estimate of drug-likeness (QED) is 0.140. The predicted octanol–water partition coefficient (Wildman–Crippen LogP) is 3.77. The van der Waals surface area contributed by atoms with Crippen molar-refractivity contribution in [2.24, 2.45) is 0 Å². The van der Waals surface area contributed by atoms with Crippen LogP contribution < -0.4 is 25.2 Å². The van der Waals surface area contributed by atoms with Gasteiger partial charge in [-0.3, -0.25) is 4.52 Å². The summed E-state index contributed by atoms with van der Waals surface area (Å²) in [7, 11) is -3.39. The van der Waals surface area contributed by atoms with Crippen LogP contribution in [0.5, 0.6) is 5.75 Å². The van der Waals surface area contributed by atoms with E-state index in [0.29, 0.717) is 23.7 Å². The highest BCUT2D eigenvalue weighted by Crippen LogP contribution is 2.42. The monoisotopic (exact) mass is 708 g/mol. The predicted molar refractivity (Wildman–Crippen MR) is 176 cm³/mol. The minimum absolute atomic E-state index is 0.0624. The Labute approximate surface area is 284 Å². The van der Waals surface area contributed by atoms with E-state index in [1.54, 1.807) is 12.0 Å². The van der Waals surface area contributed by atoms with Gasteiger partial charge in [0.15, 0.2) is 17.2 Å². The van der Waals surface area contributed by atoms with Crippen molar-refractivity contribution in [3.05, 3.63) is 64.4 Å². The molecule has 2 aromatic carbocycles. The summed E-state index contributed by atoms with van der Waals surface area (Å²) in [6.07, 6.45) is 0.806. The number of rotatable bonds is 11. The third-order valence-corrected chi connectivity index (χ3v) is 9.08. The molecule has 1 aliphatic carbocycles. The number of phosphoric ester groups is 1. The molecule has 1 saturated heterocycles. The lowest BCUT2D eigenvalue weighted by Gasteiger charge is -2.39. The van der Waals surface area contributed by atoms with Crippen LogP contribution in [-0.2, 0) is 15.6 Å². The molecule has 254 valence electrons. The van der Waals surface area contributed by atoms with Gasteiger partial charge in [-0.2, -0.15) is 20.0 Å². The van der Waals surface area contributed by atoms with E-state index in [1.165, 1.54) is 22.8 Å². The summed E-state index contributed by atoms with van der Waals surface area (Å²) >= 11 is 6.91. The number of nitrogens with one attached hydrogen (secondary N) is 2. The van der Waals surface area contributed by atoms with E-state index in [4.69, 9.17) is 25.8 Å². The van der Waals surface area contributed by atoms with E-state index in [9.17, 15) is 34.8 Å². The molecule has 6 rings (SSSR count). The molecule has 2 fully saturated rings. The molecule has 2 aliphatic rings. The van der Waals surface area contributed by atoms with Crippen LogP contribution in [0.1, 0.15) is 36.1 Å². The smallest absolute Gasteiger partial charge is 0.469 e. The molecule has 1 saturated carbocycles. The minimum atomic E-state index is -4.99. The molecule has 0 bridgehead atoms. The molecule has 0 spiro atoms. The number of halogens is 1. The van der Waals surface area contributed by atoms with Gasteiger partial charge in [-0.15, -0.1) is 5.10 Å². The van der Waals surface area contributed by atoms with E-state index in [-0.39, 0.29) is 53.5 Å². The third kappa shape index (κ3) is 7.62. The van der Waals surface area contributed by atoms with Gasteiger partial charge in [0, 0.05) is 25.7 Å². The second-order valence-electron chi connectivity index (χ2n) is 11.5. The van der Waals surface area contributed by atoms with Crippen molar-refractivity contribution < 1.29 is 33.5 Å². The van der Waals surface area contributed by atoms with E-state index < -0.39 is 26.1 Å². The van der Waals surface area contributed by atoms with Gasteiger partial charge in [0.25, 0.3) is 0 Å². The van der Waals surface area contributed by atoms with Crippen molar-refractivity contribution in [3.63, 3.8) is 0 Å². The fourth-order valence-corrected chi connectivity index (χ4v) is 6.58. The molecule has 19 heteroatoms. The zero-order valence-corrected chi connectivity index (χ0v) is 27.5. The first-order chi connectivity index (χ1) is 23.5. The Kier molecular flexibility index (Phi) is 9.47. The number of phosphoric acid groups is 1. The normalized spacial score (nSPS) is 17.6. The first kappa shape index (κ1) is 33.7. The Balaban J connectivity index is 1.36. The number of imidazole rings is 1. The highest BCUT2D eigenvalue weighted by atomic mass is 35.5. The maximum atomic E-state index is 11.7.